The molecular formula is C19H16BrNO3. The highest BCUT2D eigenvalue weighted by Crippen LogP contribution is 2.40. The summed E-state index contributed by atoms with van der Waals surface area (Å²) in [6.45, 7) is 0. The number of aryl methyl sites for hydroxylation is 1. The molecule has 2 heterocycles. The summed E-state index contributed by atoms with van der Waals surface area (Å²) >= 11 is 3.53. The number of pyridine rings is 1. The van der Waals surface area contributed by atoms with Gasteiger partial charge in [0.2, 0.25) is 0 Å². The summed E-state index contributed by atoms with van der Waals surface area (Å²) in [6.07, 6.45) is 3.68. The third-order valence-electron chi connectivity index (χ3n) is 4.60. The lowest BCUT2D eigenvalue weighted by molar-refractivity contribution is 0.0602. The van der Waals surface area contributed by atoms with E-state index in [0.717, 1.165) is 45.4 Å². The van der Waals surface area contributed by atoms with Gasteiger partial charge in [0.15, 0.2) is 0 Å². The van der Waals surface area contributed by atoms with Crippen molar-refractivity contribution in [2.45, 2.75) is 12.8 Å². The molecule has 0 radical (unpaired) electrons. The molecule has 0 saturated heterocycles. The number of nitrogens with zero attached hydrogens (tertiary/aromatic N) is 1. The Morgan fingerprint density at radius 1 is 1.17 bits per heavy atom. The van der Waals surface area contributed by atoms with E-state index in [2.05, 4.69) is 32.5 Å². The summed E-state index contributed by atoms with van der Waals surface area (Å²) in [6, 6.07) is 10.0. The molecule has 1 aromatic carbocycles. The SMILES string of the molecule is COC(=O)c1c2c(n3cc(Br)ccc13)-c1ccc(OC)cc1CC2. The quantitative estimate of drug-likeness (QED) is 0.618. The summed E-state index contributed by atoms with van der Waals surface area (Å²) in [5, 5.41) is 0. The van der Waals surface area contributed by atoms with Gasteiger partial charge in [0.25, 0.3) is 0 Å². The fourth-order valence-corrected chi connectivity index (χ4v) is 3.88. The first-order valence-corrected chi connectivity index (χ1v) is 8.51. The van der Waals surface area contributed by atoms with Crippen LogP contribution in [0.1, 0.15) is 21.5 Å². The van der Waals surface area contributed by atoms with E-state index >= 15 is 0 Å². The largest absolute Gasteiger partial charge is 0.497 e. The van der Waals surface area contributed by atoms with Gasteiger partial charge in [-0.2, -0.15) is 0 Å². The van der Waals surface area contributed by atoms with Crippen molar-refractivity contribution in [3.8, 4) is 17.0 Å². The molecule has 5 heteroatoms. The number of hydrogen-bond donors (Lipinski definition) is 0. The normalized spacial score (nSPS) is 12.6. The summed E-state index contributed by atoms with van der Waals surface area (Å²) < 4.78 is 13.4. The standard InChI is InChI=1S/C19H16BrNO3/c1-23-13-5-7-14-11(9-13)3-6-15-17(19(22)24-2)16-8-4-12(20)10-21(16)18(14)15/h4-5,7-10H,3,6H2,1-2H3. The molecule has 0 spiro atoms. The molecule has 3 aromatic rings. The minimum Gasteiger partial charge on any atom is -0.497 e. The minimum absolute atomic E-state index is 0.284. The molecule has 4 nitrogen and oxygen atoms in total. The highest BCUT2D eigenvalue weighted by atomic mass is 79.9. The van der Waals surface area contributed by atoms with Gasteiger partial charge in [-0.15, -0.1) is 0 Å². The number of fused-ring (bicyclic) bond motifs is 5. The third-order valence-corrected chi connectivity index (χ3v) is 5.07. The van der Waals surface area contributed by atoms with Crippen molar-refractivity contribution in [3.05, 3.63) is 57.7 Å². The Morgan fingerprint density at radius 3 is 2.75 bits per heavy atom. The lowest BCUT2D eigenvalue weighted by Gasteiger charge is -2.19. The van der Waals surface area contributed by atoms with E-state index in [0.29, 0.717) is 5.56 Å². The second kappa shape index (κ2) is 5.67. The van der Waals surface area contributed by atoms with Gasteiger partial charge in [-0.1, -0.05) is 0 Å². The summed E-state index contributed by atoms with van der Waals surface area (Å²) in [5.74, 6) is 0.570. The van der Waals surface area contributed by atoms with Crippen molar-refractivity contribution in [2.75, 3.05) is 14.2 Å². The Labute approximate surface area is 148 Å². The summed E-state index contributed by atoms with van der Waals surface area (Å²) in [7, 11) is 3.10. The van der Waals surface area contributed by atoms with Gasteiger partial charge in [0.1, 0.15) is 5.75 Å². The van der Waals surface area contributed by atoms with Crippen LogP contribution in [0.25, 0.3) is 16.8 Å². The summed E-state index contributed by atoms with van der Waals surface area (Å²) in [5.41, 5.74) is 6.03. The number of rotatable bonds is 2. The van der Waals surface area contributed by atoms with Crippen molar-refractivity contribution in [1.82, 2.24) is 4.40 Å². The van der Waals surface area contributed by atoms with Gasteiger partial charge in [-0.05, 0) is 70.2 Å². The topological polar surface area (TPSA) is 39.9 Å². The molecule has 0 fully saturated rings. The van der Waals surface area contributed by atoms with Crippen LogP contribution < -0.4 is 4.74 Å². The molecule has 0 bridgehead atoms. The minimum atomic E-state index is -0.284. The zero-order chi connectivity index (χ0) is 16.8. The van der Waals surface area contributed by atoms with Crippen LogP contribution in [0.2, 0.25) is 0 Å². The van der Waals surface area contributed by atoms with Crippen LogP contribution in [0.4, 0.5) is 0 Å². The Kier molecular flexibility index (Phi) is 3.61. The van der Waals surface area contributed by atoms with Crippen LogP contribution in [0, 0.1) is 0 Å². The molecule has 0 saturated carbocycles. The van der Waals surface area contributed by atoms with Crippen LogP contribution >= 0.6 is 15.9 Å². The Bertz CT molecular complexity index is 974. The third kappa shape index (κ3) is 2.15. The smallest absolute Gasteiger partial charge is 0.340 e. The maximum atomic E-state index is 12.4. The molecular weight excluding hydrogens is 370 g/mol. The molecule has 0 amide bonds. The fraction of sp³-hybridized carbons (Fsp3) is 0.211. The van der Waals surface area contributed by atoms with Crippen molar-refractivity contribution < 1.29 is 14.3 Å². The van der Waals surface area contributed by atoms with E-state index in [1.165, 1.54) is 12.7 Å². The second-order valence-corrected chi connectivity index (χ2v) is 6.74. The van der Waals surface area contributed by atoms with Crippen LogP contribution in [0.15, 0.2) is 41.0 Å². The maximum Gasteiger partial charge on any atom is 0.340 e. The number of ether oxygens (including phenoxy) is 2. The van der Waals surface area contributed by atoms with Crippen LogP contribution in [-0.2, 0) is 17.6 Å². The number of halogens is 1. The average molecular weight is 386 g/mol. The predicted molar refractivity (Wildman–Crippen MR) is 95.8 cm³/mol. The zero-order valence-corrected chi connectivity index (χ0v) is 15.0. The van der Waals surface area contributed by atoms with Gasteiger partial charge in [-0.25, -0.2) is 4.79 Å². The van der Waals surface area contributed by atoms with Crippen molar-refractivity contribution in [1.29, 1.82) is 0 Å². The summed E-state index contributed by atoms with van der Waals surface area (Å²) in [4.78, 5) is 12.4. The van der Waals surface area contributed by atoms with Gasteiger partial charge in [0, 0.05) is 16.2 Å². The van der Waals surface area contributed by atoms with Crippen molar-refractivity contribution in [2.24, 2.45) is 0 Å². The van der Waals surface area contributed by atoms with Crippen LogP contribution in [0.5, 0.6) is 5.75 Å². The molecule has 4 rings (SSSR count). The van der Waals surface area contributed by atoms with E-state index in [-0.39, 0.29) is 5.97 Å². The average Bonchev–Trinajstić information content (AvgIpc) is 2.94. The number of benzene rings is 1. The van der Waals surface area contributed by atoms with Crippen LogP contribution in [0.3, 0.4) is 0 Å². The Hall–Kier alpha value is -2.27. The Morgan fingerprint density at radius 2 is 2.00 bits per heavy atom. The lowest BCUT2D eigenvalue weighted by Crippen LogP contribution is -2.09. The first-order valence-electron chi connectivity index (χ1n) is 7.72. The van der Waals surface area contributed by atoms with E-state index in [1.54, 1.807) is 7.11 Å². The first kappa shape index (κ1) is 15.3. The van der Waals surface area contributed by atoms with Gasteiger partial charge in [0.05, 0.1) is 31.0 Å². The van der Waals surface area contributed by atoms with Gasteiger partial charge >= 0.3 is 5.97 Å². The van der Waals surface area contributed by atoms with Crippen molar-refractivity contribution >= 4 is 27.4 Å². The number of methoxy groups -OCH3 is 2. The molecule has 2 aromatic heterocycles. The highest BCUT2D eigenvalue weighted by molar-refractivity contribution is 9.10. The molecule has 122 valence electrons. The number of carbonyl (C=O) groups excluding carboxylic acids is 1. The zero-order valence-electron chi connectivity index (χ0n) is 13.4. The van der Waals surface area contributed by atoms with Gasteiger partial charge in [-0.3, -0.25) is 0 Å². The number of aromatic nitrogens is 1. The molecule has 0 atom stereocenters. The molecule has 24 heavy (non-hydrogen) atoms. The molecule has 1 aliphatic carbocycles. The lowest BCUT2D eigenvalue weighted by atomic mass is 9.88. The second-order valence-electron chi connectivity index (χ2n) is 5.82. The molecule has 0 N–H and O–H groups in total. The van der Waals surface area contributed by atoms with Crippen molar-refractivity contribution in [3.63, 3.8) is 0 Å². The van der Waals surface area contributed by atoms with E-state index in [1.807, 2.05) is 24.4 Å². The monoisotopic (exact) mass is 385 g/mol. The predicted octanol–water partition coefficient (Wildman–Crippen LogP) is 4.26. The Balaban J connectivity index is 2.08. The van der Waals surface area contributed by atoms with Gasteiger partial charge < -0.3 is 13.9 Å². The fourth-order valence-electron chi connectivity index (χ4n) is 3.54. The number of carbonyl (C=O) groups is 1. The number of esters is 1. The first-order chi connectivity index (χ1) is 11.6. The van der Waals surface area contributed by atoms with Crippen LogP contribution in [-0.4, -0.2) is 24.6 Å². The highest BCUT2D eigenvalue weighted by Gasteiger charge is 2.28. The molecule has 1 aliphatic rings. The molecule has 0 unspecified atom stereocenters. The van der Waals surface area contributed by atoms with E-state index in [9.17, 15) is 4.79 Å². The van der Waals surface area contributed by atoms with E-state index in [4.69, 9.17) is 9.47 Å². The van der Waals surface area contributed by atoms with E-state index < -0.39 is 0 Å². The maximum absolute atomic E-state index is 12.4. The molecule has 0 aliphatic heterocycles. The number of hydrogen-bond acceptors (Lipinski definition) is 3.